The molecular weight excluding hydrogens is 396 g/mol. The van der Waals surface area contributed by atoms with Gasteiger partial charge < -0.3 is 19.5 Å². The van der Waals surface area contributed by atoms with Crippen molar-refractivity contribution in [2.75, 3.05) is 6.79 Å². The fraction of sp³-hybridized carbons (Fsp3) is 0.125. The summed E-state index contributed by atoms with van der Waals surface area (Å²) in [4.78, 5) is 31.6. The summed E-state index contributed by atoms with van der Waals surface area (Å²) in [6.07, 6.45) is 3.29. The van der Waals surface area contributed by atoms with Crippen molar-refractivity contribution in [2.24, 2.45) is 0 Å². The molecule has 1 atom stereocenters. The van der Waals surface area contributed by atoms with Gasteiger partial charge in [0.2, 0.25) is 6.79 Å². The van der Waals surface area contributed by atoms with Gasteiger partial charge in [-0.05, 0) is 29.3 Å². The molecule has 1 saturated heterocycles. The number of hydrogen-bond acceptors (Lipinski definition) is 6. The minimum absolute atomic E-state index is 0.0407. The molecule has 3 heterocycles. The summed E-state index contributed by atoms with van der Waals surface area (Å²) >= 11 is 0. The lowest BCUT2D eigenvalue weighted by Gasteiger charge is -2.25. The van der Waals surface area contributed by atoms with Crippen molar-refractivity contribution < 1.29 is 24.2 Å². The van der Waals surface area contributed by atoms with Crippen LogP contribution in [-0.4, -0.2) is 33.5 Å². The van der Waals surface area contributed by atoms with Crippen molar-refractivity contribution in [1.29, 1.82) is 0 Å². The quantitative estimate of drug-likeness (QED) is 0.400. The van der Waals surface area contributed by atoms with E-state index in [0.29, 0.717) is 22.6 Å². The van der Waals surface area contributed by atoms with Gasteiger partial charge in [-0.2, -0.15) is 0 Å². The molecule has 2 aliphatic heterocycles. The van der Waals surface area contributed by atoms with Gasteiger partial charge in [-0.3, -0.25) is 14.6 Å². The Balaban J connectivity index is 1.66. The van der Waals surface area contributed by atoms with Crippen molar-refractivity contribution >= 4 is 17.4 Å². The van der Waals surface area contributed by atoms with Crippen molar-refractivity contribution in [3.63, 3.8) is 0 Å². The normalized spacial score (nSPS) is 19.1. The molecule has 0 saturated carbocycles. The van der Waals surface area contributed by atoms with Crippen molar-refractivity contribution in [1.82, 2.24) is 9.88 Å². The maximum absolute atomic E-state index is 13.1. The number of nitrogens with zero attached hydrogens (tertiary/aromatic N) is 2. The number of likely N-dealkylation sites (tertiary alicyclic amines) is 1. The van der Waals surface area contributed by atoms with Gasteiger partial charge >= 0.3 is 0 Å². The second-order valence-corrected chi connectivity index (χ2v) is 7.27. The first kappa shape index (κ1) is 18.9. The summed E-state index contributed by atoms with van der Waals surface area (Å²) in [5.74, 6) is -0.493. The van der Waals surface area contributed by atoms with Crippen LogP contribution >= 0.6 is 0 Å². The second kappa shape index (κ2) is 7.60. The molecule has 154 valence electrons. The summed E-state index contributed by atoms with van der Waals surface area (Å²) in [5, 5.41) is 11.0. The Morgan fingerprint density at radius 2 is 1.84 bits per heavy atom. The number of ketones is 1. The van der Waals surface area contributed by atoms with Crippen molar-refractivity contribution in [2.45, 2.75) is 12.6 Å². The number of hydrogen-bond donors (Lipinski definition) is 1. The lowest BCUT2D eigenvalue weighted by molar-refractivity contribution is -0.140. The van der Waals surface area contributed by atoms with E-state index in [1.54, 1.807) is 60.9 Å². The number of benzene rings is 2. The van der Waals surface area contributed by atoms with Crippen LogP contribution in [0.3, 0.4) is 0 Å². The summed E-state index contributed by atoms with van der Waals surface area (Å²) in [5.41, 5.74) is 1.92. The maximum Gasteiger partial charge on any atom is 0.295 e. The number of Topliss-reactive ketones (excluding diaryl/α,β-unsaturated/α-hetero) is 1. The molecule has 3 aromatic rings. The average molecular weight is 414 g/mol. The van der Waals surface area contributed by atoms with Crippen LogP contribution in [0, 0.1) is 0 Å². The molecular formula is C24H18N2O5. The van der Waals surface area contributed by atoms with Crippen LogP contribution in [-0.2, 0) is 16.1 Å². The van der Waals surface area contributed by atoms with Gasteiger partial charge in [0.25, 0.3) is 11.7 Å². The zero-order valence-electron chi connectivity index (χ0n) is 16.4. The fourth-order valence-electron chi connectivity index (χ4n) is 3.91. The number of amides is 1. The van der Waals surface area contributed by atoms with Crippen LogP contribution in [0.25, 0.3) is 5.76 Å². The molecule has 7 nitrogen and oxygen atoms in total. The molecule has 0 aliphatic carbocycles. The maximum atomic E-state index is 13.1. The van der Waals surface area contributed by atoms with Crippen LogP contribution in [0.2, 0.25) is 0 Å². The summed E-state index contributed by atoms with van der Waals surface area (Å²) in [6, 6.07) is 16.8. The highest BCUT2D eigenvalue weighted by Crippen LogP contribution is 2.43. The van der Waals surface area contributed by atoms with E-state index in [1.807, 2.05) is 12.1 Å². The topological polar surface area (TPSA) is 89.0 Å². The summed E-state index contributed by atoms with van der Waals surface area (Å²) < 4.78 is 10.9. The summed E-state index contributed by atoms with van der Waals surface area (Å²) in [6.45, 7) is 0.280. The standard InChI is InChI=1S/C24H18N2O5/c27-22(16-6-2-1-3-7-16)20-21(17-8-9-18-19(11-17)31-14-30-18)26(24(29)23(20)28)13-15-5-4-10-25-12-15/h1-12,21,27H,13-14H2/b22-20+. The first-order chi connectivity index (χ1) is 15.1. The van der Waals surface area contributed by atoms with Crippen LogP contribution in [0.4, 0.5) is 0 Å². The molecule has 2 aromatic carbocycles. The van der Waals surface area contributed by atoms with Crippen molar-refractivity contribution in [3.8, 4) is 11.5 Å². The van der Waals surface area contributed by atoms with Crippen LogP contribution in [0.15, 0.2) is 78.6 Å². The zero-order chi connectivity index (χ0) is 21.4. The van der Waals surface area contributed by atoms with Crippen LogP contribution in [0.1, 0.15) is 22.7 Å². The minimum Gasteiger partial charge on any atom is -0.507 e. The van der Waals surface area contributed by atoms with Gasteiger partial charge in [0, 0.05) is 24.5 Å². The predicted octanol–water partition coefficient (Wildman–Crippen LogP) is 3.43. The number of aromatic nitrogens is 1. The van der Waals surface area contributed by atoms with Gasteiger partial charge in [0.15, 0.2) is 11.5 Å². The number of aliphatic hydroxyl groups is 1. The zero-order valence-corrected chi connectivity index (χ0v) is 16.4. The number of carbonyl (C=O) groups excluding carboxylic acids is 2. The molecule has 1 amide bonds. The van der Waals surface area contributed by atoms with Crippen LogP contribution in [0.5, 0.6) is 11.5 Å². The SMILES string of the molecule is O=C1C(=O)N(Cc2cccnc2)C(c2ccc3c(c2)OCO3)/C1=C(\O)c1ccccc1. The van der Waals surface area contributed by atoms with E-state index in [0.717, 1.165) is 5.56 Å². The Kier molecular flexibility index (Phi) is 4.63. The Labute approximate surface area is 178 Å². The lowest BCUT2D eigenvalue weighted by atomic mass is 9.95. The molecule has 0 spiro atoms. The van der Waals surface area contributed by atoms with E-state index in [4.69, 9.17) is 9.47 Å². The van der Waals surface area contributed by atoms with E-state index in [9.17, 15) is 14.7 Å². The number of aliphatic hydroxyl groups excluding tert-OH is 1. The smallest absolute Gasteiger partial charge is 0.295 e. The first-order valence-corrected chi connectivity index (χ1v) is 9.76. The highest BCUT2D eigenvalue weighted by atomic mass is 16.7. The number of carbonyl (C=O) groups is 2. The van der Waals surface area contributed by atoms with Gasteiger partial charge in [0.1, 0.15) is 5.76 Å². The second-order valence-electron chi connectivity index (χ2n) is 7.27. The molecule has 2 aliphatic rings. The molecule has 7 heteroatoms. The van der Waals surface area contributed by atoms with Crippen LogP contribution < -0.4 is 9.47 Å². The van der Waals surface area contributed by atoms with Gasteiger partial charge in [0.05, 0.1) is 11.6 Å². The predicted molar refractivity (Wildman–Crippen MR) is 111 cm³/mol. The molecule has 1 unspecified atom stereocenters. The summed E-state index contributed by atoms with van der Waals surface area (Å²) in [7, 11) is 0. The van der Waals surface area contributed by atoms with Crippen molar-refractivity contribution in [3.05, 3.63) is 95.3 Å². The molecule has 0 radical (unpaired) electrons. The molecule has 0 bridgehead atoms. The van der Waals surface area contributed by atoms with E-state index in [2.05, 4.69) is 4.98 Å². The van der Waals surface area contributed by atoms with E-state index in [1.165, 1.54) is 4.90 Å². The average Bonchev–Trinajstić information content (AvgIpc) is 3.37. The number of rotatable bonds is 4. The first-order valence-electron chi connectivity index (χ1n) is 9.76. The largest absolute Gasteiger partial charge is 0.507 e. The third-order valence-electron chi connectivity index (χ3n) is 5.38. The Morgan fingerprint density at radius 1 is 1.03 bits per heavy atom. The Hall–Kier alpha value is -4.13. The van der Waals surface area contributed by atoms with E-state index in [-0.39, 0.29) is 24.7 Å². The lowest BCUT2D eigenvalue weighted by Crippen LogP contribution is -2.29. The van der Waals surface area contributed by atoms with E-state index < -0.39 is 17.7 Å². The van der Waals surface area contributed by atoms with Gasteiger partial charge in [-0.1, -0.05) is 42.5 Å². The Bertz CT molecular complexity index is 1190. The van der Waals surface area contributed by atoms with Gasteiger partial charge in [-0.15, -0.1) is 0 Å². The minimum atomic E-state index is -0.782. The third-order valence-corrected chi connectivity index (χ3v) is 5.38. The third kappa shape index (κ3) is 3.30. The number of pyridine rings is 1. The number of ether oxygens (including phenoxy) is 2. The highest BCUT2D eigenvalue weighted by Gasteiger charge is 2.46. The molecule has 1 N–H and O–H groups in total. The molecule has 1 aromatic heterocycles. The monoisotopic (exact) mass is 414 g/mol. The number of fused-ring (bicyclic) bond motifs is 1. The molecule has 1 fully saturated rings. The molecule has 5 rings (SSSR count). The molecule has 31 heavy (non-hydrogen) atoms. The van der Waals surface area contributed by atoms with Gasteiger partial charge in [-0.25, -0.2) is 0 Å². The Morgan fingerprint density at radius 3 is 2.61 bits per heavy atom. The van der Waals surface area contributed by atoms with E-state index >= 15 is 0 Å². The highest BCUT2D eigenvalue weighted by molar-refractivity contribution is 6.46. The fourth-order valence-corrected chi connectivity index (χ4v) is 3.91.